The second kappa shape index (κ2) is 9.02. The number of rotatable bonds is 5. The van der Waals surface area contributed by atoms with Gasteiger partial charge in [0.1, 0.15) is 28.7 Å². The van der Waals surface area contributed by atoms with Crippen LogP contribution < -0.4 is 9.64 Å². The summed E-state index contributed by atoms with van der Waals surface area (Å²) in [6.45, 7) is 9.65. The zero-order chi connectivity index (χ0) is 24.6. The van der Waals surface area contributed by atoms with Crippen molar-refractivity contribution in [3.05, 3.63) is 94.5 Å². The molecule has 0 amide bonds. The van der Waals surface area contributed by atoms with Gasteiger partial charge in [-0.1, -0.05) is 6.07 Å². The number of hydrogen-bond donors (Lipinski definition) is 3. The Morgan fingerprint density at radius 3 is 1.74 bits per heavy atom. The van der Waals surface area contributed by atoms with E-state index in [1.807, 2.05) is 77.1 Å². The van der Waals surface area contributed by atoms with Crippen molar-refractivity contribution >= 4 is 17.1 Å². The molecule has 0 heterocycles. The van der Waals surface area contributed by atoms with E-state index in [4.69, 9.17) is 4.74 Å². The SMILES string of the molecule is Cc1cc(O)cc(Oc2cccc(N(c3ccc(O)c(C)c3C)c3ccc(O)c(C)c3C)c2)c1. The van der Waals surface area contributed by atoms with Crippen LogP contribution in [0.1, 0.15) is 27.8 Å². The second-order valence-electron chi connectivity index (χ2n) is 8.65. The van der Waals surface area contributed by atoms with Gasteiger partial charge in [0.25, 0.3) is 0 Å². The normalized spacial score (nSPS) is 10.9. The van der Waals surface area contributed by atoms with Crippen LogP contribution in [0.15, 0.2) is 66.7 Å². The molecule has 0 atom stereocenters. The minimum absolute atomic E-state index is 0.151. The van der Waals surface area contributed by atoms with E-state index in [9.17, 15) is 15.3 Å². The molecule has 34 heavy (non-hydrogen) atoms. The van der Waals surface area contributed by atoms with Crippen molar-refractivity contribution in [3.8, 4) is 28.7 Å². The monoisotopic (exact) mass is 455 g/mol. The summed E-state index contributed by atoms with van der Waals surface area (Å²) in [5.74, 6) is 1.81. The fourth-order valence-electron chi connectivity index (χ4n) is 4.09. The van der Waals surface area contributed by atoms with Gasteiger partial charge in [-0.3, -0.25) is 0 Å². The first-order chi connectivity index (χ1) is 16.2. The first-order valence-electron chi connectivity index (χ1n) is 11.1. The highest BCUT2D eigenvalue weighted by atomic mass is 16.5. The van der Waals surface area contributed by atoms with Crippen molar-refractivity contribution in [3.63, 3.8) is 0 Å². The van der Waals surface area contributed by atoms with Crippen LogP contribution in [0.4, 0.5) is 17.1 Å². The summed E-state index contributed by atoms with van der Waals surface area (Å²) in [7, 11) is 0. The zero-order valence-electron chi connectivity index (χ0n) is 20.0. The molecule has 4 rings (SSSR count). The summed E-state index contributed by atoms with van der Waals surface area (Å²) in [5, 5.41) is 30.4. The highest BCUT2D eigenvalue weighted by molar-refractivity contribution is 5.82. The minimum Gasteiger partial charge on any atom is -0.508 e. The third-order valence-electron chi connectivity index (χ3n) is 6.29. The lowest BCUT2D eigenvalue weighted by Gasteiger charge is -2.30. The van der Waals surface area contributed by atoms with Crippen LogP contribution in [0.5, 0.6) is 28.7 Å². The van der Waals surface area contributed by atoms with Gasteiger partial charge in [0.2, 0.25) is 0 Å². The van der Waals surface area contributed by atoms with Crippen LogP contribution in [0.2, 0.25) is 0 Å². The number of ether oxygens (including phenoxy) is 1. The molecule has 0 saturated carbocycles. The average molecular weight is 456 g/mol. The molecule has 0 aliphatic heterocycles. The van der Waals surface area contributed by atoms with Gasteiger partial charge in [0.15, 0.2) is 0 Å². The molecule has 5 heteroatoms. The van der Waals surface area contributed by atoms with E-state index in [1.165, 1.54) is 0 Å². The van der Waals surface area contributed by atoms with Crippen LogP contribution in [0.3, 0.4) is 0 Å². The molecule has 3 N–H and O–H groups in total. The Hall–Kier alpha value is -4.12. The number of benzene rings is 4. The Morgan fingerprint density at radius 2 is 1.18 bits per heavy atom. The lowest BCUT2D eigenvalue weighted by Crippen LogP contribution is -2.13. The van der Waals surface area contributed by atoms with Crippen LogP contribution in [0, 0.1) is 34.6 Å². The number of hydrogen-bond acceptors (Lipinski definition) is 5. The summed E-state index contributed by atoms with van der Waals surface area (Å²) < 4.78 is 6.08. The van der Waals surface area contributed by atoms with Crippen molar-refractivity contribution in [2.45, 2.75) is 34.6 Å². The van der Waals surface area contributed by atoms with Gasteiger partial charge >= 0.3 is 0 Å². The van der Waals surface area contributed by atoms with E-state index in [1.54, 1.807) is 24.3 Å². The van der Waals surface area contributed by atoms with Crippen molar-refractivity contribution in [2.24, 2.45) is 0 Å². The fourth-order valence-corrected chi connectivity index (χ4v) is 4.09. The largest absolute Gasteiger partial charge is 0.508 e. The molecule has 0 aromatic heterocycles. The maximum absolute atomic E-state index is 10.2. The number of anilines is 3. The van der Waals surface area contributed by atoms with E-state index in [2.05, 4.69) is 4.90 Å². The molecule has 0 spiro atoms. The lowest BCUT2D eigenvalue weighted by atomic mass is 10.0. The number of nitrogens with zero attached hydrogens (tertiary/aromatic N) is 1. The van der Waals surface area contributed by atoms with Gasteiger partial charge in [0.05, 0.1) is 0 Å². The number of aryl methyl sites for hydroxylation is 1. The Kier molecular flexibility index (Phi) is 6.12. The molecule has 174 valence electrons. The summed E-state index contributed by atoms with van der Waals surface area (Å²) in [6.07, 6.45) is 0. The number of phenolic OH excluding ortho intramolecular Hbond substituents is 3. The van der Waals surface area contributed by atoms with Crippen molar-refractivity contribution < 1.29 is 20.1 Å². The van der Waals surface area contributed by atoms with Crippen molar-refractivity contribution in [2.75, 3.05) is 4.90 Å². The van der Waals surface area contributed by atoms with Crippen molar-refractivity contribution in [1.82, 2.24) is 0 Å². The van der Waals surface area contributed by atoms with Gasteiger partial charge in [0, 0.05) is 29.2 Å². The van der Waals surface area contributed by atoms with Gasteiger partial charge in [-0.2, -0.15) is 0 Å². The number of aromatic hydroxyl groups is 3. The Balaban J connectivity index is 1.87. The van der Waals surface area contributed by atoms with Gasteiger partial charge in [-0.15, -0.1) is 0 Å². The van der Waals surface area contributed by atoms with Crippen molar-refractivity contribution in [1.29, 1.82) is 0 Å². The third-order valence-corrected chi connectivity index (χ3v) is 6.29. The van der Waals surface area contributed by atoms with E-state index in [-0.39, 0.29) is 17.2 Å². The van der Waals surface area contributed by atoms with E-state index in [0.29, 0.717) is 11.5 Å². The molecular formula is C29H29NO4. The molecule has 0 aliphatic carbocycles. The van der Waals surface area contributed by atoms with E-state index < -0.39 is 0 Å². The van der Waals surface area contributed by atoms with E-state index >= 15 is 0 Å². The predicted octanol–water partition coefficient (Wildman–Crippen LogP) is 7.61. The first-order valence-corrected chi connectivity index (χ1v) is 11.1. The molecule has 4 aromatic rings. The minimum atomic E-state index is 0.151. The first kappa shape index (κ1) is 23.1. The zero-order valence-corrected chi connectivity index (χ0v) is 20.0. The predicted molar refractivity (Wildman–Crippen MR) is 136 cm³/mol. The summed E-state index contributed by atoms with van der Waals surface area (Å²) >= 11 is 0. The van der Waals surface area contributed by atoms with Crippen LogP contribution in [-0.4, -0.2) is 15.3 Å². The molecular weight excluding hydrogens is 426 g/mol. The highest BCUT2D eigenvalue weighted by Crippen LogP contribution is 2.43. The number of phenols is 3. The molecule has 0 saturated heterocycles. The summed E-state index contributed by atoms with van der Waals surface area (Å²) in [6, 6.07) is 20.0. The molecule has 0 fully saturated rings. The maximum atomic E-state index is 10.2. The average Bonchev–Trinajstić information content (AvgIpc) is 2.78. The lowest BCUT2D eigenvalue weighted by molar-refractivity contribution is 0.454. The molecule has 5 nitrogen and oxygen atoms in total. The topological polar surface area (TPSA) is 73.2 Å². The second-order valence-corrected chi connectivity index (χ2v) is 8.65. The van der Waals surface area contributed by atoms with E-state index in [0.717, 1.165) is 44.9 Å². The molecule has 0 radical (unpaired) electrons. The van der Waals surface area contributed by atoms with Crippen LogP contribution >= 0.6 is 0 Å². The Labute approximate surface area is 200 Å². The van der Waals surface area contributed by atoms with Crippen LogP contribution in [0.25, 0.3) is 0 Å². The standard InChI is InChI=1S/C29H29NO4/c1-17-13-23(31)16-25(14-17)34-24-8-6-7-22(15-24)30(26-9-11-28(32)20(4)18(26)2)27-10-12-29(33)21(5)19(27)3/h6-16,31-33H,1-5H3. The quantitative estimate of drug-likeness (QED) is 0.289. The molecule has 0 bridgehead atoms. The summed E-state index contributed by atoms with van der Waals surface area (Å²) in [5.41, 5.74) is 7.08. The molecule has 4 aromatic carbocycles. The highest BCUT2D eigenvalue weighted by Gasteiger charge is 2.20. The van der Waals surface area contributed by atoms with Gasteiger partial charge in [-0.25, -0.2) is 0 Å². The smallest absolute Gasteiger partial charge is 0.131 e. The Morgan fingerprint density at radius 1 is 0.588 bits per heavy atom. The maximum Gasteiger partial charge on any atom is 0.131 e. The molecule has 0 unspecified atom stereocenters. The van der Waals surface area contributed by atoms with Crippen LogP contribution in [-0.2, 0) is 0 Å². The fraction of sp³-hybridized carbons (Fsp3) is 0.172. The molecule has 0 aliphatic rings. The summed E-state index contributed by atoms with van der Waals surface area (Å²) in [4.78, 5) is 2.10. The van der Waals surface area contributed by atoms with Gasteiger partial charge in [-0.05, 0) is 111 Å². The third kappa shape index (κ3) is 4.37. The van der Waals surface area contributed by atoms with Gasteiger partial charge < -0.3 is 25.0 Å². The Bertz CT molecular complexity index is 1300.